The van der Waals surface area contributed by atoms with Crippen molar-refractivity contribution in [3.63, 3.8) is 0 Å². The standard InChI is InChI=1S/C6H11BNO/c1-3-6(7-9)5(2)4-8/h5-6,9H,3H2,1-2H3/t5?,6-/m0/s1. The zero-order valence-electron chi connectivity index (χ0n) is 5.83. The van der Waals surface area contributed by atoms with Gasteiger partial charge in [-0.15, -0.1) is 0 Å². The third kappa shape index (κ3) is 2.52. The Morgan fingerprint density at radius 2 is 2.33 bits per heavy atom. The van der Waals surface area contributed by atoms with E-state index in [-0.39, 0.29) is 11.7 Å². The van der Waals surface area contributed by atoms with Crippen LogP contribution < -0.4 is 0 Å². The third-order valence-corrected chi connectivity index (χ3v) is 1.51. The molecule has 0 amide bonds. The minimum atomic E-state index is -0.0694. The second kappa shape index (κ2) is 4.40. The molecule has 0 rings (SSSR count). The second-order valence-corrected chi connectivity index (χ2v) is 2.14. The zero-order valence-corrected chi connectivity index (χ0v) is 5.83. The normalized spacial score (nSPS) is 15.8. The smallest absolute Gasteiger partial charge is 0.291 e. The first-order valence-corrected chi connectivity index (χ1v) is 3.13. The minimum absolute atomic E-state index is 0.0370. The molecule has 0 aliphatic rings. The van der Waals surface area contributed by atoms with E-state index in [2.05, 4.69) is 6.07 Å². The topological polar surface area (TPSA) is 44.0 Å². The number of nitrogens with zero attached hydrogens (tertiary/aromatic N) is 1. The van der Waals surface area contributed by atoms with Gasteiger partial charge in [-0.25, -0.2) is 0 Å². The molecule has 2 nitrogen and oxygen atoms in total. The number of hydrogen-bond acceptors (Lipinski definition) is 2. The van der Waals surface area contributed by atoms with Crippen LogP contribution in [0, 0.1) is 17.2 Å². The maximum absolute atomic E-state index is 8.55. The van der Waals surface area contributed by atoms with Crippen molar-refractivity contribution in [3.05, 3.63) is 0 Å². The van der Waals surface area contributed by atoms with E-state index in [1.165, 1.54) is 0 Å². The molecule has 1 N–H and O–H groups in total. The highest BCUT2D eigenvalue weighted by Gasteiger charge is 2.14. The summed E-state index contributed by atoms with van der Waals surface area (Å²) in [6.45, 7) is 3.76. The Kier molecular flexibility index (Phi) is 4.16. The fraction of sp³-hybridized carbons (Fsp3) is 0.833. The van der Waals surface area contributed by atoms with Gasteiger partial charge in [-0.05, 0) is 12.7 Å². The van der Waals surface area contributed by atoms with Crippen LogP contribution in [0.3, 0.4) is 0 Å². The van der Waals surface area contributed by atoms with E-state index < -0.39 is 0 Å². The largest absolute Gasteiger partial charge is 0.454 e. The molecule has 0 aliphatic carbocycles. The molecule has 0 heterocycles. The SMILES string of the molecule is CC[C@H]([B]O)C(C)C#N. The Morgan fingerprint density at radius 3 is 2.44 bits per heavy atom. The van der Waals surface area contributed by atoms with Gasteiger partial charge in [0, 0.05) is 5.92 Å². The summed E-state index contributed by atoms with van der Waals surface area (Å²) in [5.41, 5.74) is 0. The average molecular weight is 124 g/mol. The van der Waals surface area contributed by atoms with Crippen LogP contribution >= 0.6 is 0 Å². The van der Waals surface area contributed by atoms with Crippen molar-refractivity contribution in [2.75, 3.05) is 0 Å². The van der Waals surface area contributed by atoms with Crippen molar-refractivity contribution in [3.8, 4) is 6.07 Å². The molecule has 1 radical (unpaired) electrons. The molecule has 3 heteroatoms. The van der Waals surface area contributed by atoms with E-state index in [1.54, 1.807) is 6.92 Å². The van der Waals surface area contributed by atoms with Crippen LogP contribution in [-0.2, 0) is 0 Å². The summed E-state index contributed by atoms with van der Waals surface area (Å²) in [4.78, 5) is 0. The Hall–Kier alpha value is -0.485. The van der Waals surface area contributed by atoms with Crippen molar-refractivity contribution in [1.29, 1.82) is 5.26 Å². The summed E-state index contributed by atoms with van der Waals surface area (Å²) in [5.74, 6) is -0.0324. The highest BCUT2D eigenvalue weighted by Crippen LogP contribution is 2.18. The van der Waals surface area contributed by atoms with Crippen LogP contribution in [0.1, 0.15) is 20.3 Å². The van der Waals surface area contributed by atoms with Gasteiger partial charge in [-0.1, -0.05) is 13.3 Å². The van der Waals surface area contributed by atoms with Gasteiger partial charge in [0.05, 0.1) is 6.07 Å². The van der Waals surface area contributed by atoms with Crippen LogP contribution in [-0.4, -0.2) is 12.5 Å². The molecule has 0 saturated heterocycles. The molecular formula is C6H11BNO. The van der Waals surface area contributed by atoms with E-state index in [0.29, 0.717) is 0 Å². The van der Waals surface area contributed by atoms with E-state index in [0.717, 1.165) is 13.9 Å². The van der Waals surface area contributed by atoms with Gasteiger partial charge in [0.2, 0.25) is 0 Å². The van der Waals surface area contributed by atoms with Crippen LogP contribution in [0.25, 0.3) is 0 Å². The average Bonchev–Trinajstić information content (AvgIpc) is 1.90. The van der Waals surface area contributed by atoms with Gasteiger partial charge < -0.3 is 5.02 Å². The number of hydrogen-bond donors (Lipinski definition) is 1. The summed E-state index contributed by atoms with van der Waals surface area (Å²) in [6.07, 6.45) is 0.825. The Morgan fingerprint density at radius 1 is 1.78 bits per heavy atom. The predicted octanol–water partition coefficient (Wildman–Crippen LogP) is 0.956. The summed E-state index contributed by atoms with van der Waals surface area (Å²) >= 11 is 0. The molecule has 0 aromatic carbocycles. The first-order valence-electron chi connectivity index (χ1n) is 3.13. The van der Waals surface area contributed by atoms with Gasteiger partial charge in [-0.3, -0.25) is 0 Å². The van der Waals surface area contributed by atoms with Gasteiger partial charge in [0.25, 0.3) is 7.48 Å². The molecule has 0 bridgehead atoms. The Balaban J connectivity index is 3.67. The van der Waals surface area contributed by atoms with Gasteiger partial charge >= 0.3 is 0 Å². The fourth-order valence-corrected chi connectivity index (χ4v) is 0.684. The van der Waals surface area contributed by atoms with Crippen LogP contribution in [0.15, 0.2) is 0 Å². The molecule has 0 fully saturated rings. The molecule has 49 valence electrons. The Labute approximate surface area is 56.8 Å². The zero-order chi connectivity index (χ0) is 7.28. The molecular weight excluding hydrogens is 113 g/mol. The highest BCUT2D eigenvalue weighted by atomic mass is 16.2. The van der Waals surface area contributed by atoms with Crippen LogP contribution in [0.2, 0.25) is 5.82 Å². The van der Waals surface area contributed by atoms with Crippen LogP contribution in [0.4, 0.5) is 0 Å². The summed E-state index contributed by atoms with van der Waals surface area (Å²) < 4.78 is 0. The highest BCUT2D eigenvalue weighted by molar-refractivity contribution is 6.27. The van der Waals surface area contributed by atoms with Crippen molar-refractivity contribution >= 4 is 7.48 Å². The second-order valence-electron chi connectivity index (χ2n) is 2.14. The molecule has 0 aliphatic heterocycles. The predicted molar refractivity (Wildman–Crippen MR) is 36.8 cm³/mol. The van der Waals surface area contributed by atoms with Crippen molar-refractivity contribution < 1.29 is 5.02 Å². The lowest BCUT2D eigenvalue weighted by Gasteiger charge is -2.10. The Bertz CT molecular complexity index is 106. The first-order chi connectivity index (χ1) is 4.26. The quantitative estimate of drug-likeness (QED) is 0.569. The molecule has 0 spiro atoms. The van der Waals surface area contributed by atoms with Crippen molar-refractivity contribution in [2.24, 2.45) is 5.92 Å². The van der Waals surface area contributed by atoms with Crippen molar-refractivity contribution in [1.82, 2.24) is 0 Å². The fourth-order valence-electron chi connectivity index (χ4n) is 0.684. The summed E-state index contributed by atoms with van der Waals surface area (Å²) in [7, 11) is 1.11. The molecule has 0 saturated carbocycles. The van der Waals surface area contributed by atoms with Gasteiger partial charge in [-0.2, -0.15) is 5.26 Å². The van der Waals surface area contributed by atoms with E-state index in [4.69, 9.17) is 10.3 Å². The molecule has 0 aromatic heterocycles. The van der Waals surface area contributed by atoms with E-state index in [9.17, 15) is 0 Å². The van der Waals surface area contributed by atoms with E-state index in [1.807, 2.05) is 6.92 Å². The van der Waals surface area contributed by atoms with Crippen LogP contribution in [0.5, 0.6) is 0 Å². The monoisotopic (exact) mass is 124 g/mol. The van der Waals surface area contributed by atoms with E-state index >= 15 is 0 Å². The molecule has 9 heavy (non-hydrogen) atoms. The van der Waals surface area contributed by atoms with Crippen molar-refractivity contribution in [2.45, 2.75) is 26.1 Å². The number of rotatable bonds is 3. The lowest BCUT2D eigenvalue weighted by Crippen LogP contribution is -2.09. The molecule has 2 atom stereocenters. The first kappa shape index (κ1) is 8.51. The summed E-state index contributed by atoms with van der Waals surface area (Å²) in [5, 5.41) is 16.9. The molecule has 1 unspecified atom stereocenters. The maximum Gasteiger partial charge on any atom is 0.291 e. The minimum Gasteiger partial charge on any atom is -0.454 e. The maximum atomic E-state index is 8.55. The summed E-state index contributed by atoms with van der Waals surface area (Å²) in [6, 6.07) is 2.08. The lowest BCUT2D eigenvalue weighted by molar-refractivity contribution is 0.530. The number of nitriles is 1. The third-order valence-electron chi connectivity index (χ3n) is 1.51. The molecule has 0 aromatic rings. The van der Waals surface area contributed by atoms with Gasteiger partial charge in [0.1, 0.15) is 0 Å². The lowest BCUT2D eigenvalue weighted by atomic mass is 9.71. The van der Waals surface area contributed by atoms with Gasteiger partial charge in [0.15, 0.2) is 0 Å².